The first-order valence-corrected chi connectivity index (χ1v) is 8.83. The molecule has 5 heteroatoms. The van der Waals surface area contributed by atoms with Crippen LogP contribution in [-0.2, 0) is 4.57 Å². The molecule has 0 amide bonds. The van der Waals surface area contributed by atoms with Crippen molar-refractivity contribution in [2.45, 2.75) is 52.9 Å². The number of para-hydroxylation sites is 1. The summed E-state index contributed by atoms with van der Waals surface area (Å²) >= 11 is 0. The SMILES string of the molecule is CCC(CC)(CC)CCCP=O.Nc1ccccc1C(=O)O. The van der Waals surface area contributed by atoms with Crippen molar-refractivity contribution in [1.82, 2.24) is 0 Å². The Morgan fingerprint density at radius 2 is 1.73 bits per heavy atom. The van der Waals surface area contributed by atoms with E-state index in [-0.39, 0.29) is 5.56 Å². The number of carbonyl (C=O) groups is 1. The van der Waals surface area contributed by atoms with Gasteiger partial charge in [0.25, 0.3) is 0 Å². The van der Waals surface area contributed by atoms with Gasteiger partial charge < -0.3 is 10.8 Å². The van der Waals surface area contributed by atoms with Crippen LogP contribution in [0.4, 0.5) is 5.69 Å². The maximum atomic E-state index is 10.3. The van der Waals surface area contributed by atoms with Crippen molar-refractivity contribution in [3.05, 3.63) is 29.8 Å². The first-order chi connectivity index (χ1) is 10.5. The molecule has 0 fully saturated rings. The molecule has 3 N–H and O–H groups in total. The minimum absolute atomic E-state index is 0.155. The molecular formula is C17H28NO3P. The minimum atomic E-state index is -0.988. The zero-order valence-corrected chi connectivity index (χ0v) is 14.7. The van der Waals surface area contributed by atoms with Crippen LogP contribution in [0.2, 0.25) is 0 Å². The Kier molecular flexibility index (Phi) is 10.5. The highest BCUT2D eigenvalue weighted by Gasteiger charge is 2.22. The van der Waals surface area contributed by atoms with E-state index in [0.29, 0.717) is 19.6 Å². The number of hydrogen-bond acceptors (Lipinski definition) is 3. The van der Waals surface area contributed by atoms with E-state index in [1.807, 2.05) is 0 Å². The van der Waals surface area contributed by atoms with Crippen LogP contribution < -0.4 is 5.73 Å². The molecular weight excluding hydrogens is 297 g/mol. The van der Waals surface area contributed by atoms with Gasteiger partial charge in [-0.3, -0.25) is 4.57 Å². The maximum Gasteiger partial charge on any atom is 0.337 e. The highest BCUT2D eigenvalue weighted by atomic mass is 31.1. The van der Waals surface area contributed by atoms with Crippen LogP contribution in [0.25, 0.3) is 0 Å². The van der Waals surface area contributed by atoms with E-state index >= 15 is 0 Å². The topological polar surface area (TPSA) is 80.4 Å². The van der Waals surface area contributed by atoms with Crippen LogP contribution >= 0.6 is 8.46 Å². The van der Waals surface area contributed by atoms with E-state index in [0.717, 1.165) is 12.6 Å². The number of carboxylic acids is 1. The van der Waals surface area contributed by atoms with Crippen LogP contribution in [0.15, 0.2) is 24.3 Å². The fourth-order valence-corrected chi connectivity index (χ4v) is 2.78. The van der Waals surface area contributed by atoms with Crippen LogP contribution in [-0.4, -0.2) is 17.2 Å². The lowest BCUT2D eigenvalue weighted by atomic mass is 9.76. The second-order valence-corrected chi connectivity index (χ2v) is 6.11. The molecule has 0 unspecified atom stereocenters. The summed E-state index contributed by atoms with van der Waals surface area (Å²) in [6.45, 7) is 6.80. The van der Waals surface area contributed by atoms with Crippen molar-refractivity contribution in [2.24, 2.45) is 5.41 Å². The van der Waals surface area contributed by atoms with Crippen molar-refractivity contribution in [3.8, 4) is 0 Å². The molecule has 22 heavy (non-hydrogen) atoms. The number of aromatic carboxylic acids is 1. The predicted molar refractivity (Wildman–Crippen MR) is 92.8 cm³/mol. The Labute approximate surface area is 135 Å². The zero-order valence-electron chi connectivity index (χ0n) is 13.8. The molecule has 0 radical (unpaired) electrons. The summed E-state index contributed by atoms with van der Waals surface area (Å²) in [5, 5.41) is 8.49. The van der Waals surface area contributed by atoms with Gasteiger partial charge in [0, 0.05) is 11.8 Å². The summed E-state index contributed by atoms with van der Waals surface area (Å²) in [5.74, 6) is -0.988. The lowest BCUT2D eigenvalue weighted by Crippen LogP contribution is -2.17. The minimum Gasteiger partial charge on any atom is -0.478 e. The number of carboxylic acid groups (broad SMARTS) is 1. The molecule has 0 aromatic heterocycles. The highest BCUT2D eigenvalue weighted by molar-refractivity contribution is 7.23. The number of hydrogen-bond donors (Lipinski definition) is 2. The number of nitrogen functional groups attached to an aromatic ring is 1. The van der Waals surface area contributed by atoms with E-state index in [2.05, 4.69) is 20.8 Å². The molecule has 0 saturated heterocycles. The van der Waals surface area contributed by atoms with Gasteiger partial charge in [-0.1, -0.05) is 52.2 Å². The molecule has 0 saturated carbocycles. The predicted octanol–water partition coefficient (Wildman–Crippen LogP) is 5.24. The summed E-state index contributed by atoms with van der Waals surface area (Å²) in [7, 11) is 0.311. The standard InChI is InChI=1S/C10H21OP.C7H7NO2/c1-4-10(5-2,6-3)8-7-9-12-11;8-6-4-2-1-3-5(6)7(9)10/h4-9H2,1-3H3;1-4H,8H2,(H,9,10). The van der Waals surface area contributed by atoms with Crippen molar-refractivity contribution < 1.29 is 14.5 Å². The second-order valence-electron chi connectivity index (χ2n) is 5.41. The number of nitrogens with two attached hydrogens (primary N) is 1. The zero-order chi connectivity index (χ0) is 17.0. The van der Waals surface area contributed by atoms with Gasteiger partial charge in [0.1, 0.15) is 0 Å². The molecule has 0 spiro atoms. The molecule has 1 rings (SSSR count). The fourth-order valence-electron chi connectivity index (χ4n) is 2.49. The summed E-state index contributed by atoms with van der Waals surface area (Å²) < 4.78 is 10.3. The third-order valence-corrected chi connectivity index (χ3v) is 4.90. The van der Waals surface area contributed by atoms with E-state index in [1.54, 1.807) is 18.2 Å². The second kappa shape index (κ2) is 11.2. The van der Waals surface area contributed by atoms with Gasteiger partial charge in [0.05, 0.1) is 5.56 Å². The van der Waals surface area contributed by atoms with Gasteiger partial charge in [-0.15, -0.1) is 0 Å². The van der Waals surface area contributed by atoms with Gasteiger partial charge in [0.2, 0.25) is 0 Å². The van der Waals surface area contributed by atoms with E-state index in [1.165, 1.54) is 31.7 Å². The Morgan fingerprint density at radius 3 is 2.09 bits per heavy atom. The Hall–Kier alpha value is -1.41. The lowest BCUT2D eigenvalue weighted by Gasteiger charge is -2.30. The quantitative estimate of drug-likeness (QED) is 0.389. The molecule has 4 nitrogen and oxygen atoms in total. The molecule has 1 aromatic carbocycles. The summed E-state index contributed by atoms with van der Waals surface area (Å²) in [4.78, 5) is 10.3. The molecule has 0 aliphatic rings. The molecule has 0 aliphatic heterocycles. The normalized spacial score (nSPS) is 10.9. The molecule has 0 atom stereocenters. The van der Waals surface area contributed by atoms with Crippen molar-refractivity contribution in [2.75, 3.05) is 11.9 Å². The van der Waals surface area contributed by atoms with Gasteiger partial charge in [-0.05, 0) is 30.4 Å². The van der Waals surface area contributed by atoms with E-state index in [9.17, 15) is 9.36 Å². The average molecular weight is 325 g/mol. The fraction of sp³-hybridized carbons (Fsp3) is 0.588. The van der Waals surface area contributed by atoms with Crippen LogP contribution in [0.1, 0.15) is 63.2 Å². The Morgan fingerprint density at radius 1 is 1.18 bits per heavy atom. The van der Waals surface area contributed by atoms with E-state index in [4.69, 9.17) is 10.8 Å². The molecule has 1 aromatic rings. The molecule has 0 heterocycles. The monoisotopic (exact) mass is 325 g/mol. The van der Waals surface area contributed by atoms with Gasteiger partial charge in [-0.2, -0.15) is 0 Å². The molecule has 0 aliphatic carbocycles. The maximum absolute atomic E-state index is 10.3. The van der Waals surface area contributed by atoms with Crippen molar-refractivity contribution >= 4 is 20.1 Å². The first kappa shape index (κ1) is 20.6. The number of rotatable bonds is 8. The van der Waals surface area contributed by atoms with Gasteiger partial charge >= 0.3 is 5.97 Å². The highest BCUT2D eigenvalue weighted by Crippen LogP contribution is 2.35. The van der Waals surface area contributed by atoms with E-state index < -0.39 is 5.97 Å². The van der Waals surface area contributed by atoms with Crippen LogP contribution in [0, 0.1) is 5.41 Å². The Bertz CT molecular complexity index is 451. The summed E-state index contributed by atoms with van der Waals surface area (Å²) in [5.41, 5.74) is 6.33. The Balaban J connectivity index is 0.000000406. The largest absolute Gasteiger partial charge is 0.478 e. The smallest absolute Gasteiger partial charge is 0.337 e. The summed E-state index contributed by atoms with van der Waals surface area (Å²) in [6.07, 6.45) is 6.97. The van der Waals surface area contributed by atoms with Gasteiger partial charge in [-0.25, -0.2) is 4.79 Å². The number of benzene rings is 1. The molecule has 0 bridgehead atoms. The van der Waals surface area contributed by atoms with Crippen LogP contribution in [0.5, 0.6) is 0 Å². The third-order valence-electron chi connectivity index (χ3n) is 4.40. The van der Waals surface area contributed by atoms with Crippen molar-refractivity contribution in [3.63, 3.8) is 0 Å². The molecule has 124 valence electrons. The summed E-state index contributed by atoms with van der Waals surface area (Å²) in [6, 6.07) is 6.36. The van der Waals surface area contributed by atoms with Crippen LogP contribution in [0.3, 0.4) is 0 Å². The van der Waals surface area contributed by atoms with Crippen molar-refractivity contribution in [1.29, 1.82) is 0 Å². The number of anilines is 1. The van der Waals surface area contributed by atoms with Gasteiger partial charge in [0.15, 0.2) is 8.46 Å². The first-order valence-electron chi connectivity index (χ1n) is 7.83. The average Bonchev–Trinajstić information content (AvgIpc) is 2.53. The lowest BCUT2D eigenvalue weighted by molar-refractivity contribution is 0.0698. The third kappa shape index (κ3) is 7.04.